The fourth-order valence-corrected chi connectivity index (χ4v) is 2.09. The number of halogens is 2. The zero-order valence-electron chi connectivity index (χ0n) is 12.8. The Hall–Kier alpha value is -2.60. The number of amides is 3. The number of carbonyl (C=O) groups is 2. The van der Waals surface area contributed by atoms with E-state index in [2.05, 4.69) is 16.0 Å². The minimum atomic E-state index is -0.607. The molecule has 0 atom stereocenters. The van der Waals surface area contributed by atoms with Crippen molar-refractivity contribution >= 4 is 29.2 Å². The van der Waals surface area contributed by atoms with Crippen LogP contribution in [0.4, 0.5) is 14.9 Å². The van der Waals surface area contributed by atoms with Crippen molar-refractivity contribution in [3.8, 4) is 0 Å². The van der Waals surface area contributed by atoms with Gasteiger partial charge in [0.2, 0.25) is 5.91 Å². The third-order valence-corrected chi connectivity index (χ3v) is 3.37. The van der Waals surface area contributed by atoms with Crippen LogP contribution in [-0.2, 0) is 11.3 Å². The molecule has 0 aliphatic carbocycles. The van der Waals surface area contributed by atoms with E-state index < -0.39 is 11.7 Å². The minimum Gasteiger partial charge on any atom is -0.338 e. The van der Waals surface area contributed by atoms with Gasteiger partial charge in [0.1, 0.15) is 5.82 Å². The highest BCUT2D eigenvalue weighted by atomic mass is 35.5. The number of rotatable bonds is 6. The molecule has 0 fully saturated rings. The summed E-state index contributed by atoms with van der Waals surface area (Å²) in [6.07, 6.45) is 0.0286. The van der Waals surface area contributed by atoms with Gasteiger partial charge in [-0.3, -0.25) is 4.79 Å². The quantitative estimate of drug-likeness (QED) is 0.748. The summed E-state index contributed by atoms with van der Waals surface area (Å²) in [4.78, 5) is 23.3. The van der Waals surface area contributed by atoms with Gasteiger partial charge in [-0.25, -0.2) is 9.18 Å². The molecule has 24 heavy (non-hydrogen) atoms. The molecule has 0 saturated carbocycles. The van der Waals surface area contributed by atoms with Crippen LogP contribution < -0.4 is 16.0 Å². The summed E-state index contributed by atoms with van der Waals surface area (Å²) in [5.74, 6) is -1.01. The number of carbonyl (C=O) groups excluding carboxylic acids is 2. The molecule has 2 aromatic rings. The fourth-order valence-electron chi connectivity index (χ4n) is 1.93. The summed E-state index contributed by atoms with van der Waals surface area (Å²) in [7, 11) is 0. The number of nitrogens with one attached hydrogen (secondary N) is 3. The molecule has 0 radical (unpaired) electrons. The van der Waals surface area contributed by atoms with E-state index in [0.717, 1.165) is 11.6 Å². The minimum absolute atomic E-state index is 0.0286. The molecular weight excluding hydrogens is 333 g/mol. The second-order valence-electron chi connectivity index (χ2n) is 5.02. The van der Waals surface area contributed by atoms with Crippen molar-refractivity contribution in [3.63, 3.8) is 0 Å². The number of hydrogen-bond donors (Lipinski definition) is 3. The normalized spacial score (nSPS) is 10.1. The largest absolute Gasteiger partial charge is 0.338 e. The monoisotopic (exact) mass is 349 g/mol. The number of benzene rings is 2. The lowest BCUT2D eigenvalue weighted by Gasteiger charge is -2.09. The van der Waals surface area contributed by atoms with Crippen LogP contribution in [0.3, 0.4) is 0 Å². The molecule has 3 N–H and O–H groups in total. The van der Waals surface area contributed by atoms with Gasteiger partial charge in [0.25, 0.3) is 0 Å². The van der Waals surface area contributed by atoms with Gasteiger partial charge in [-0.05, 0) is 23.8 Å². The lowest BCUT2D eigenvalue weighted by Crippen LogP contribution is -2.36. The van der Waals surface area contributed by atoms with E-state index in [-0.39, 0.29) is 29.7 Å². The second kappa shape index (κ2) is 8.88. The van der Waals surface area contributed by atoms with Gasteiger partial charge < -0.3 is 16.0 Å². The van der Waals surface area contributed by atoms with Crippen molar-refractivity contribution in [2.75, 3.05) is 11.9 Å². The first-order valence-corrected chi connectivity index (χ1v) is 7.73. The zero-order chi connectivity index (χ0) is 17.4. The molecule has 0 heterocycles. The van der Waals surface area contributed by atoms with Crippen LogP contribution in [-0.4, -0.2) is 18.5 Å². The zero-order valence-corrected chi connectivity index (χ0v) is 13.6. The highest BCUT2D eigenvalue weighted by Crippen LogP contribution is 2.18. The summed E-state index contributed by atoms with van der Waals surface area (Å²) < 4.78 is 13.5. The van der Waals surface area contributed by atoms with E-state index in [4.69, 9.17) is 11.6 Å². The molecule has 2 rings (SSSR count). The maximum Gasteiger partial charge on any atom is 0.315 e. The molecule has 2 aromatic carbocycles. The van der Waals surface area contributed by atoms with Gasteiger partial charge >= 0.3 is 6.03 Å². The molecule has 5 nitrogen and oxygen atoms in total. The molecule has 7 heteroatoms. The first kappa shape index (κ1) is 17.7. The van der Waals surface area contributed by atoms with Gasteiger partial charge in [0.05, 0.1) is 5.69 Å². The fraction of sp³-hybridized carbons (Fsp3) is 0.176. The highest BCUT2D eigenvalue weighted by Gasteiger charge is 2.08. The topological polar surface area (TPSA) is 70.2 Å². The summed E-state index contributed by atoms with van der Waals surface area (Å²) in [5, 5.41) is 7.93. The first-order valence-electron chi connectivity index (χ1n) is 7.35. The Bertz CT molecular complexity index is 710. The van der Waals surface area contributed by atoms with Gasteiger partial charge in [-0.2, -0.15) is 0 Å². The molecule has 0 aliphatic rings. The summed E-state index contributed by atoms with van der Waals surface area (Å²) in [6.45, 7) is 0.538. The van der Waals surface area contributed by atoms with Crippen molar-refractivity contribution in [2.24, 2.45) is 0 Å². The molecule has 0 spiro atoms. The lowest BCUT2D eigenvalue weighted by atomic mass is 10.2. The third kappa shape index (κ3) is 5.89. The van der Waals surface area contributed by atoms with Crippen LogP contribution in [0.15, 0.2) is 48.5 Å². The van der Waals surface area contributed by atoms with Gasteiger partial charge in [-0.15, -0.1) is 0 Å². The van der Waals surface area contributed by atoms with E-state index >= 15 is 0 Å². The number of anilines is 1. The Morgan fingerprint density at radius 1 is 1.04 bits per heavy atom. The van der Waals surface area contributed by atoms with Crippen LogP contribution in [0, 0.1) is 5.82 Å². The van der Waals surface area contributed by atoms with E-state index in [0.29, 0.717) is 6.54 Å². The van der Waals surface area contributed by atoms with Crippen LogP contribution in [0.25, 0.3) is 0 Å². The van der Waals surface area contributed by atoms with E-state index in [1.54, 1.807) is 0 Å². The Morgan fingerprint density at radius 2 is 1.79 bits per heavy atom. The predicted molar refractivity (Wildman–Crippen MR) is 91.3 cm³/mol. The summed E-state index contributed by atoms with van der Waals surface area (Å²) in [5.41, 5.74) is 1.03. The van der Waals surface area contributed by atoms with E-state index in [1.807, 2.05) is 30.3 Å². The molecule has 3 amide bonds. The molecule has 0 saturated heterocycles. The summed E-state index contributed by atoms with van der Waals surface area (Å²) in [6, 6.07) is 13.1. The third-order valence-electron chi connectivity index (χ3n) is 3.14. The average Bonchev–Trinajstić information content (AvgIpc) is 2.56. The van der Waals surface area contributed by atoms with Gasteiger partial charge in [-0.1, -0.05) is 41.9 Å². The standard InChI is InChI=1S/C17H17ClFN3O2/c18-13-6-7-15(14(19)10-13)22-16(23)8-9-20-17(24)21-11-12-4-2-1-3-5-12/h1-7,10H,8-9,11H2,(H,22,23)(H2,20,21,24). The predicted octanol–water partition coefficient (Wildman–Crippen LogP) is 3.31. The first-order chi connectivity index (χ1) is 11.5. The van der Waals surface area contributed by atoms with Crippen molar-refractivity contribution in [1.82, 2.24) is 10.6 Å². The second-order valence-corrected chi connectivity index (χ2v) is 5.45. The van der Waals surface area contributed by atoms with Gasteiger partial charge in [0, 0.05) is 24.5 Å². The highest BCUT2D eigenvalue weighted by molar-refractivity contribution is 6.30. The number of urea groups is 1. The van der Waals surface area contributed by atoms with Crippen molar-refractivity contribution in [1.29, 1.82) is 0 Å². The van der Waals surface area contributed by atoms with Crippen LogP contribution in [0.5, 0.6) is 0 Å². The Kier molecular flexibility index (Phi) is 6.57. The molecule has 126 valence electrons. The van der Waals surface area contributed by atoms with E-state index in [1.165, 1.54) is 12.1 Å². The van der Waals surface area contributed by atoms with E-state index in [9.17, 15) is 14.0 Å². The SMILES string of the molecule is O=C(CCNC(=O)NCc1ccccc1)Nc1ccc(Cl)cc1F. The lowest BCUT2D eigenvalue weighted by molar-refractivity contribution is -0.116. The maximum absolute atomic E-state index is 13.5. The van der Waals surface area contributed by atoms with Crippen molar-refractivity contribution < 1.29 is 14.0 Å². The van der Waals surface area contributed by atoms with Crippen LogP contribution in [0.1, 0.15) is 12.0 Å². The van der Waals surface area contributed by atoms with Crippen molar-refractivity contribution in [3.05, 3.63) is 64.9 Å². The molecule has 0 aromatic heterocycles. The van der Waals surface area contributed by atoms with Gasteiger partial charge in [0.15, 0.2) is 0 Å². The average molecular weight is 350 g/mol. The Balaban J connectivity index is 1.67. The maximum atomic E-state index is 13.5. The van der Waals surface area contributed by atoms with Crippen LogP contribution >= 0.6 is 11.6 Å². The molecule has 0 aliphatic heterocycles. The Morgan fingerprint density at radius 3 is 2.50 bits per heavy atom. The molecular formula is C17H17ClFN3O2. The molecule has 0 unspecified atom stereocenters. The summed E-state index contributed by atoms with van der Waals surface area (Å²) >= 11 is 5.64. The smallest absolute Gasteiger partial charge is 0.315 e. The Labute approximate surface area is 144 Å². The molecule has 0 bridgehead atoms. The van der Waals surface area contributed by atoms with Crippen LogP contribution in [0.2, 0.25) is 5.02 Å². The number of hydrogen-bond acceptors (Lipinski definition) is 2. The van der Waals surface area contributed by atoms with Crippen molar-refractivity contribution in [2.45, 2.75) is 13.0 Å².